The molecule has 1 atom stereocenters. The van der Waals surface area contributed by atoms with Crippen molar-refractivity contribution >= 4 is 17.5 Å². The molecular weight excluding hydrogens is 182 g/mol. The number of aromatic nitrogens is 2. The lowest BCUT2D eigenvalue weighted by atomic mass is 10.2. The van der Waals surface area contributed by atoms with Crippen LogP contribution in [0.25, 0.3) is 0 Å². The average molecular weight is 186 g/mol. The molecule has 0 fully saturated rings. The lowest BCUT2D eigenvalue weighted by Crippen LogP contribution is -2.35. The summed E-state index contributed by atoms with van der Waals surface area (Å²) < 4.78 is 0. The van der Waals surface area contributed by atoms with Crippen LogP contribution in [0.2, 0.25) is 0 Å². The average Bonchev–Trinajstić information content (AvgIpc) is 2.12. The van der Waals surface area contributed by atoms with Crippen LogP contribution in [0.3, 0.4) is 0 Å². The first-order chi connectivity index (χ1) is 5.79. The molecule has 0 saturated heterocycles. The minimum Gasteiger partial charge on any atom is -0.376 e. The molecule has 5 nitrogen and oxygen atoms in total. The first kappa shape index (κ1) is 7.30. The van der Waals surface area contributed by atoms with E-state index in [9.17, 15) is 4.79 Å². The van der Waals surface area contributed by atoms with Crippen LogP contribution in [0.15, 0.2) is 12.5 Å². The van der Waals surface area contributed by atoms with E-state index in [-0.39, 0.29) is 0 Å². The van der Waals surface area contributed by atoms with Crippen LogP contribution in [-0.2, 0) is 4.79 Å². The van der Waals surface area contributed by atoms with Crippen molar-refractivity contribution in [2.45, 2.75) is 5.38 Å². The molecule has 0 radical (unpaired) electrons. The zero-order valence-corrected chi connectivity index (χ0v) is 6.58. The van der Waals surface area contributed by atoms with E-state index in [1.54, 1.807) is 0 Å². The zero-order chi connectivity index (χ0) is 8.55. The van der Waals surface area contributed by atoms with E-state index in [2.05, 4.69) is 15.4 Å². The van der Waals surface area contributed by atoms with Crippen molar-refractivity contribution in [3.05, 3.63) is 18.2 Å². The molecule has 1 aliphatic rings. The molecule has 1 N–H and O–H groups in total. The van der Waals surface area contributed by atoms with Gasteiger partial charge >= 0.3 is 0 Å². The Labute approximate surface area is 72.7 Å². The molecule has 2 heterocycles. The lowest BCUT2D eigenvalue weighted by Gasteiger charge is -2.18. The van der Waals surface area contributed by atoms with Gasteiger partial charge in [0.15, 0.2) is 11.1 Å². The van der Waals surface area contributed by atoms with Crippen LogP contribution < -0.4 is 10.3 Å². The van der Waals surface area contributed by atoms with E-state index < -0.39 is 11.3 Å². The maximum atomic E-state index is 10.9. The highest BCUT2D eigenvalue weighted by Gasteiger charge is 2.28. The Bertz CT molecular complexity index is 330. The minimum absolute atomic E-state index is 0.386. The third-order valence-corrected chi connectivity index (χ3v) is 1.84. The highest BCUT2D eigenvalue weighted by atomic mass is 35.5. The zero-order valence-electron chi connectivity index (χ0n) is 5.82. The molecule has 62 valence electrons. The number of hydrogen-bond donors (Lipinski definition) is 1. The largest absolute Gasteiger partial charge is 0.376 e. The maximum Gasteiger partial charge on any atom is 0.276 e. The van der Waals surface area contributed by atoms with Crippen LogP contribution in [-0.4, -0.2) is 15.9 Å². The second-order valence-corrected chi connectivity index (χ2v) is 2.64. The van der Waals surface area contributed by atoms with E-state index in [1.165, 1.54) is 12.5 Å². The van der Waals surface area contributed by atoms with Gasteiger partial charge in [-0.05, 0) is 0 Å². The summed E-state index contributed by atoms with van der Waals surface area (Å²) in [6.45, 7) is 0. The van der Waals surface area contributed by atoms with Crippen molar-refractivity contribution in [1.82, 2.24) is 15.4 Å². The van der Waals surface area contributed by atoms with Crippen LogP contribution in [0.5, 0.6) is 5.75 Å². The fraction of sp³-hybridized carbons (Fsp3) is 0.167. The molecule has 0 spiro atoms. The van der Waals surface area contributed by atoms with Gasteiger partial charge < -0.3 is 4.84 Å². The summed E-state index contributed by atoms with van der Waals surface area (Å²) in [6, 6.07) is 0. The molecule has 0 bridgehead atoms. The van der Waals surface area contributed by atoms with Gasteiger partial charge in [0.2, 0.25) is 0 Å². The summed E-state index contributed by atoms with van der Waals surface area (Å²) in [5, 5.41) is -0.795. The molecule has 0 aliphatic carbocycles. The standard InChI is InChI=1S/C6H4ClN3O2/c7-4-5-3(1-8-2-9-5)12-10-6(4)11/h1-2,4H,(H,10,11). The number of amides is 1. The number of carbonyl (C=O) groups excluding carboxylic acids is 1. The minimum atomic E-state index is -0.795. The molecule has 6 heteroatoms. The van der Waals surface area contributed by atoms with Gasteiger partial charge in [0.1, 0.15) is 12.0 Å². The predicted molar refractivity (Wildman–Crippen MR) is 39.4 cm³/mol. The van der Waals surface area contributed by atoms with E-state index in [1.807, 2.05) is 0 Å². The SMILES string of the molecule is O=C1NOc2cncnc2C1Cl. The highest BCUT2D eigenvalue weighted by molar-refractivity contribution is 6.30. The van der Waals surface area contributed by atoms with Gasteiger partial charge in [0, 0.05) is 0 Å². The van der Waals surface area contributed by atoms with Crippen molar-refractivity contribution < 1.29 is 9.63 Å². The van der Waals surface area contributed by atoms with Gasteiger partial charge in [-0.15, -0.1) is 11.6 Å². The smallest absolute Gasteiger partial charge is 0.276 e. The number of carbonyl (C=O) groups is 1. The Morgan fingerprint density at radius 3 is 3.33 bits per heavy atom. The molecule has 1 aromatic heterocycles. The Morgan fingerprint density at radius 2 is 2.50 bits per heavy atom. The van der Waals surface area contributed by atoms with E-state index >= 15 is 0 Å². The second-order valence-electron chi connectivity index (χ2n) is 2.20. The summed E-state index contributed by atoms with van der Waals surface area (Å²) in [7, 11) is 0. The molecule has 1 aromatic rings. The summed E-state index contributed by atoms with van der Waals surface area (Å²) in [4.78, 5) is 23.3. The third kappa shape index (κ3) is 0.984. The predicted octanol–water partition coefficient (Wildman–Crippen LogP) is 0.180. The van der Waals surface area contributed by atoms with Crippen molar-refractivity contribution in [3.8, 4) is 5.75 Å². The molecule has 0 aromatic carbocycles. The number of hydroxylamine groups is 1. The quantitative estimate of drug-likeness (QED) is 0.586. The van der Waals surface area contributed by atoms with Gasteiger partial charge in [0.25, 0.3) is 5.91 Å². The van der Waals surface area contributed by atoms with Crippen molar-refractivity contribution in [3.63, 3.8) is 0 Å². The normalized spacial score (nSPS) is 20.8. The van der Waals surface area contributed by atoms with Crippen LogP contribution in [0.1, 0.15) is 11.1 Å². The van der Waals surface area contributed by atoms with E-state index in [0.717, 1.165) is 0 Å². The molecular formula is C6H4ClN3O2. The van der Waals surface area contributed by atoms with Gasteiger partial charge in [0.05, 0.1) is 6.20 Å². The molecule has 1 amide bonds. The number of rotatable bonds is 0. The maximum absolute atomic E-state index is 10.9. The molecule has 12 heavy (non-hydrogen) atoms. The fourth-order valence-corrected chi connectivity index (χ4v) is 1.08. The number of halogens is 1. The Kier molecular flexibility index (Phi) is 1.58. The molecule has 1 aliphatic heterocycles. The van der Waals surface area contributed by atoms with Crippen LogP contribution in [0.4, 0.5) is 0 Å². The van der Waals surface area contributed by atoms with Gasteiger partial charge in [-0.1, -0.05) is 0 Å². The molecule has 0 saturated carbocycles. The number of nitrogens with one attached hydrogen (secondary N) is 1. The van der Waals surface area contributed by atoms with E-state index in [4.69, 9.17) is 16.4 Å². The van der Waals surface area contributed by atoms with Gasteiger partial charge in [-0.25, -0.2) is 9.97 Å². The monoisotopic (exact) mass is 185 g/mol. The number of alkyl halides is 1. The first-order valence-corrected chi connectivity index (χ1v) is 3.63. The Hall–Kier alpha value is -1.36. The first-order valence-electron chi connectivity index (χ1n) is 3.19. The van der Waals surface area contributed by atoms with Gasteiger partial charge in [-0.3, -0.25) is 4.79 Å². The van der Waals surface area contributed by atoms with Crippen LogP contribution >= 0.6 is 11.6 Å². The van der Waals surface area contributed by atoms with Crippen LogP contribution in [0, 0.1) is 0 Å². The summed E-state index contributed by atoms with van der Waals surface area (Å²) in [5.74, 6) is -0.0278. The third-order valence-electron chi connectivity index (χ3n) is 1.44. The van der Waals surface area contributed by atoms with Crippen molar-refractivity contribution in [2.24, 2.45) is 0 Å². The molecule has 2 rings (SSSR count). The van der Waals surface area contributed by atoms with Gasteiger partial charge in [-0.2, -0.15) is 5.48 Å². The Morgan fingerprint density at radius 1 is 1.67 bits per heavy atom. The van der Waals surface area contributed by atoms with Crippen molar-refractivity contribution in [2.75, 3.05) is 0 Å². The number of fused-ring (bicyclic) bond motifs is 1. The second kappa shape index (κ2) is 2.60. The Balaban J connectivity index is 2.48. The van der Waals surface area contributed by atoms with Crippen molar-refractivity contribution in [1.29, 1.82) is 0 Å². The molecule has 1 unspecified atom stereocenters. The summed E-state index contributed by atoms with van der Waals surface area (Å²) in [6.07, 6.45) is 2.76. The lowest BCUT2D eigenvalue weighted by molar-refractivity contribution is -0.128. The van der Waals surface area contributed by atoms with E-state index in [0.29, 0.717) is 11.4 Å². The summed E-state index contributed by atoms with van der Waals surface area (Å²) in [5.41, 5.74) is 2.54. The summed E-state index contributed by atoms with van der Waals surface area (Å²) >= 11 is 5.72. The number of hydrogen-bond acceptors (Lipinski definition) is 4. The topological polar surface area (TPSA) is 64.1 Å². The fourth-order valence-electron chi connectivity index (χ4n) is 0.876. The highest BCUT2D eigenvalue weighted by Crippen LogP contribution is 2.29. The number of nitrogens with zero attached hydrogens (tertiary/aromatic N) is 2.